The van der Waals surface area contributed by atoms with Gasteiger partial charge in [-0.05, 0) is 42.9 Å². The lowest BCUT2D eigenvalue weighted by molar-refractivity contribution is -0.119. The van der Waals surface area contributed by atoms with Gasteiger partial charge in [-0.3, -0.25) is 9.59 Å². The van der Waals surface area contributed by atoms with Crippen molar-refractivity contribution in [1.82, 2.24) is 0 Å². The second-order valence-corrected chi connectivity index (χ2v) is 9.26. The highest BCUT2D eigenvalue weighted by Crippen LogP contribution is 2.39. The third-order valence-corrected chi connectivity index (χ3v) is 6.27. The first-order valence-corrected chi connectivity index (χ1v) is 11.3. The van der Waals surface area contributed by atoms with Crippen LogP contribution in [0, 0.1) is 5.92 Å². The summed E-state index contributed by atoms with van der Waals surface area (Å²) in [5.41, 5.74) is 6.85. The van der Waals surface area contributed by atoms with Gasteiger partial charge in [0.2, 0.25) is 0 Å². The van der Waals surface area contributed by atoms with E-state index in [2.05, 4.69) is 5.32 Å². The highest BCUT2D eigenvalue weighted by molar-refractivity contribution is 7.17. The van der Waals surface area contributed by atoms with E-state index >= 15 is 0 Å². The number of rotatable bonds is 9. The van der Waals surface area contributed by atoms with Gasteiger partial charge in [-0.15, -0.1) is 11.3 Å². The zero-order valence-corrected chi connectivity index (χ0v) is 19.7. The number of benzene rings is 1. The maximum atomic E-state index is 12.5. The number of halogens is 1. The number of fused-ring (bicyclic) bond motifs is 1. The summed E-state index contributed by atoms with van der Waals surface area (Å²) in [5.74, 6) is -1.01. The number of nitrogens with one attached hydrogen (secondary N) is 1. The standard InChI is InChI=1S/C22H25ClN2O6S/c1-11(2)9-30-19-14(23)7-12(8-15(19)29-3)22(28)31-10-17(26)25-21-18(20(24)27)13-5-4-6-16(13)32-21/h7-8,11H,4-6,9-10H2,1-3H3,(H2,24,27)(H,25,26). The fourth-order valence-corrected chi connectivity index (χ4v) is 4.93. The van der Waals surface area contributed by atoms with Crippen molar-refractivity contribution in [2.75, 3.05) is 25.6 Å². The Morgan fingerprint density at radius 2 is 2.00 bits per heavy atom. The molecule has 1 aliphatic rings. The van der Waals surface area contributed by atoms with Gasteiger partial charge in [-0.1, -0.05) is 25.4 Å². The van der Waals surface area contributed by atoms with Crippen LogP contribution in [0.2, 0.25) is 5.02 Å². The summed E-state index contributed by atoms with van der Waals surface area (Å²) in [6.07, 6.45) is 2.57. The Bertz CT molecular complexity index is 1050. The quantitative estimate of drug-likeness (QED) is 0.527. The number of amides is 2. The molecule has 8 nitrogen and oxygen atoms in total. The van der Waals surface area contributed by atoms with Gasteiger partial charge in [0, 0.05) is 4.88 Å². The number of nitrogens with two attached hydrogens (primary N) is 1. The Hall–Kier alpha value is -2.78. The summed E-state index contributed by atoms with van der Waals surface area (Å²) in [6.45, 7) is 3.88. The molecule has 172 valence electrons. The largest absolute Gasteiger partial charge is 0.493 e. The van der Waals surface area contributed by atoms with Crippen molar-refractivity contribution >= 4 is 45.7 Å². The van der Waals surface area contributed by atoms with Crippen LogP contribution in [-0.2, 0) is 22.4 Å². The molecule has 0 saturated heterocycles. The minimum atomic E-state index is -0.750. The van der Waals surface area contributed by atoms with Gasteiger partial charge in [0.15, 0.2) is 18.1 Å². The normalized spacial score (nSPS) is 12.4. The van der Waals surface area contributed by atoms with Gasteiger partial charge >= 0.3 is 5.97 Å². The lowest BCUT2D eigenvalue weighted by atomic mass is 10.1. The molecular formula is C22H25ClN2O6S. The van der Waals surface area contributed by atoms with Crippen LogP contribution in [-0.4, -0.2) is 38.1 Å². The molecule has 32 heavy (non-hydrogen) atoms. The van der Waals surface area contributed by atoms with Gasteiger partial charge < -0.3 is 25.3 Å². The molecule has 0 spiro atoms. The van der Waals surface area contributed by atoms with E-state index in [4.69, 9.17) is 31.5 Å². The number of aryl methyl sites for hydroxylation is 1. The van der Waals surface area contributed by atoms with Crippen molar-refractivity contribution in [1.29, 1.82) is 0 Å². The predicted octanol–water partition coefficient (Wildman–Crippen LogP) is 3.83. The molecule has 0 fully saturated rings. The van der Waals surface area contributed by atoms with Crippen LogP contribution in [0.15, 0.2) is 12.1 Å². The molecular weight excluding hydrogens is 456 g/mol. The van der Waals surface area contributed by atoms with E-state index in [1.165, 1.54) is 30.6 Å². The van der Waals surface area contributed by atoms with Crippen molar-refractivity contribution in [3.63, 3.8) is 0 Å². The molecule has 1 heterocycles. The summed E-state index contributed by atoms with van der Waals surface area (Å²) in [4.78, 5) is 37.7. The first kappa shape index (κ1) is 23.9. The van der Waals surface area contributed by atoms with Gasteiger partial charge in [0.05, 0.1) is 29.9 Å². The van der Waals surface area contributed by atoms with Crippen LogP contribution in [0.25, 0.3) is 0 Å². The summed E-state index contributed by atoms with van der Waals surface area (Å²) >= 11 is 7.59. The molecule has 2 amide bonds. The lowest BCUT2D eigenvalue weighted by Crippen LogP contribution is -2.22. The third kappa shape index (κ3) is 5.34. The van der Waals surface area contributed by atoms with Crippen molar-refractivity contribution < 1.29 is 28.6 Å². The van der Waals surface area contributed by atoms with E-state index in [1.807, 2.05) is 13.8 Å². The van der Waals surface area contributed by atoms with Crippen LogP contribution in [0.5, 0.6) is 11.5 Å². The summed E-state index contributed by atoms with van der Waals surface area (Å²) in [5, 5.41) is 3.21. The highest BCUT2D eigenvalue weighted by atomic mass is 35.5. The first-order chi connectivity index (χ1) is 15.2. The molecule has 3 rings (SSSR count). The average Bonchev–Trinajstić information content (AvgIpc) is 3.30. The fourth-order valence-electron chi connectivity index (χ4n) is 3.36. The van der Waals surface area contributed by atoms with Crippen molar-refractivity contribution in [3.8, 4) is 11.5 Å². The van der Waals surface area contributed by atoms with E-state index in [9.17, 15) is 14.4 Å². The van der Waals surface area contributed by atoms with Crippen LogP contribution in [0.4, 0.5) is 5.00 Å². The molecule has 1 aromatic heterocycles. The number of thiophene rings is 1. The third-order valence-electron chi connectivity index (χ3n) is 4.78. The zero-order valence-electron chi connectivity index (χ0n) is 18.1. The number of ether oxygens (including phenoxy) is 3. The van der Waals surface area contributed by atoms with Crippen LogP contribution >= 0.6 is 22.9 Å². The number of carbonyl (C=O) groups excluding carboxylic acids is 3. The zero-order chi connectivity index (χ0) is 23.4. The minimum Gasteiger partial charge on any atom is -0.493 e. The number of hydrogen-bond acceptors (Lipinski definition) is 7. The smallest absolute Gasteiger partial charge is 0.338 e. The van der Waals surface area contributed by atoms with Gasteiger partial charge in [0.25, 0.3) is 11.8 Å². The maximum Gasteiger partial charge on any atom is 0.338 e. The van der Waals surface area contributed by atoms with E-state index in [1.54, 1.807) is 0 Å². The second-order valence-electron chi connectivity index (χ2n) is 7.74. The average molecular weight is 481 g/mol. The minimum absolute atomic E-state index is 0.115. The number of anilines is 1. The Morgan fingerprint density at radius 3 is 2.66 bits per heavy atom. The molecule has 0 unspecified atom stereocenters. The Balaban J connectivity index is 1.65. The molecule has 1 aliphatic carbocycles. The molecule has 0 radical (unpaired) electrons. The Morgan fingerprint density at radius 1 is 1.25 bits per heavy atom. The van der Waals surface area contributed by atoms with E-state index < -0.39 is 24.4 Å². The van der Waals surface area contributed by atoms with Crippen molar-refractivity contribution in [3.05, 3.63) is 38.7 Å². The van der Waals surface area contributed by atoms with Crippen LogP contribution in [0.1, 0.15) is 51.4 Å². The molecule has 2 aromatic rings. The number of methoxy groups -OCH3 is 1. The number of hydrogen-bond donors (Lipinski definition) is 2. The van der Waals surface area contributed by atoms with Gasteiger partial charge in [0.1, 0.15) is 5.00 Å². The highest BCUT2D eigenvalue weighted by Gasteiger charge is 2.26. The van der Waals surface area contributed by atoms with Crippen molar-refractivity contribution in [2.24, 2.45) is 11.7 Å². The predicted molar refractivity (Wildman–Crippen MR) is 122 cm³/mol. The number of carbonyl (C=O) groups is 3. The van der Waals surface area contributed by atoms with Gasteiger partial charge in [-0.2, -0.15) is 0 Å². The molecule has 3 N–H and O–H groups in total. The van der Waals surface area contributed by atoms with E-state index in [0.717, 1.165) is 29.7 Å². The molecule has 0 bridgehead atoms. The lowest BCUT2D eigenvalue weighted by Gasteiger charge is -2.15. The van der Waals surface area contributed by atoms with Crippen molar-refractivity contribution in [2.45, 2.75) is 33.1 Å². The molecule has 0 atom stereocenters. The maximum absolute atomic E-state index is 12.5. The van der Waals surface area contributed by atoms with Crippen LogP contribution in [0.3, 0.4) is 0 Å². The van der Waals surface area contributed by atoms with Gasteiger partial charge in [-0.25, -0.2) is 4.79 Å². The second kappa shape index (κ2) is 10.2. The summed E-state index contributed by atoms with van der Waals surface area (Å²) < 4.78 is 16.1. The monoisotopic (exact) mass is 480 g/mol. The van der Waals surface area contributed by atoms with E-state index in [-0.39, 0.29) is 22.3 Å². The molecule has 0 saturated carbocycles. The topological polar surface area (TPSA) is 117 Å². The molecule has 10 heteroatoms. The van der Waals surface area contributed by atoms with E-state index in [0.29, 0.717) is 22.9 Å². The number of primary amides is 1. The Labute approximate surface area is 195 Å². The molecule has 1 aromatic carbocycles. The fraction of sp³-hybridized carbons (Fsp3) is 0.409. The number of esters is 1. The first-order valence-electron chi connectivity index (χ1n) is 10.1. The molecule has 0 aliphatic heterocycles. The Kier molecular flexibility index (Phi) is 7.63. The summed E-state index contributed by atoms with van der Waals surface area (Å²) in [7, 11) is 1.44. The SMILES string of the molecule is COc1cc(C(=O)OCC(=O)Nc2sc3c(c2C(N)=O)CCC3)cc(Cl)c1OCC(C)C. The van der Waals surface area contributed by atoms with Crippen LogP contribution < -0.4 is 20.5 Å². The summed E-state index contributed by atoms with van der Waals surface area (Å²) in [6, 6.07) is 2.84.